The summed E-state index contributed by atoms with van der Waals surface area (Å²) in [6.07, 6.45) is 0. The minimum absolute atomic E-state index is 0.230. The van der Waals surface area contributed by atoms with Gasteiger partial charge >= 0.3 is 0 Å². The van der Waals surface area contributed by atoms with E-state index in [1.165, 1.54) is 5.01 Å². The summed E-state index contributed by atoms with van der Waals surface area (Å²) in [6.45, 7) is 0. The summed E-state index contributed by atoms with van der Waals surface area (Å²) in [5, 5.41) is 1.39. The molecule has 1 aromatic rings. The van der Waals surface area contributed by atoms with Crippen molar-refractivity contribution in [3.05, 3.63) is 24.3 Å². The van der Waals surface area contributed by atoms with Crippen molar-refractivity contribution in [3.63, 3.8) is 0 Å². The number of benzene rings is 1. The minimum atomic E-state index is 0.230. The van der Waals surface area contributed by atoms with Crippen molar-refractivity contribution >= 4 is 23.0 Å². The second-order valence-corrected chi connectivity index (χ2v) is 2.39. The Bertz CT molecular complexity index is 239. The first kappa shape index (κ1) is 8.17. The van der Waals surface area contributed by atoms with E-state index < -0.39 is 0 Å². The van der Waals surface area contributed by atoms with Crippen molar-refractivity contribution < 1.29 is 0 Å². The van der Waals surface area contributed by atoms with Crippen LogP contribution in [0.5, 0.6) is 0 Å². The predicted molar refractivity (Wildman–Crippen MR) is 48.2 cm³/mol. The van der Waals surface area contributed by atoms with Crippen molar-refractivity contribution in [3.8, 4) is 0 Å². The van der Waals surface area contributed by atoms with Gasteiger partial charge in [0.25, 0.3) is 0 Å². The molecule has 0 unspecified atom stereocenters. The van der Waals surface area contributed by atoms with Crippen LogP contribution in [0.2, 0.25) is 0 Å². The Kier molecular flexibility index (Phi) is 2.57. The van der Waals surface area contributed by atoms with E-state index in [0.717, 1.165) is 5.69 Å². The largest absolute Gasteiger partial charge is 0.397 e. The number of anilines is 2. The number of hydrogen-bond donors (Lipinski definition) is 2. The maximum absolute atomic E-state index is 5.62. The molecule has 0 saturated heterocycles. The summed E-state index contributed by atoms with van der Waals surface area (Å²) in [7, 11) is 0. The number of hydrogen-bond acceptors (Lipinski definition) is 3. The molecule has 4 N–H and O–H groups in total. The fraction of sp³-hybridized carbons (Fsp3) is 0.143. The average molecular weight is 172 g/mol. The molecule has 1 aromatic carbocycles. The van der Waals surface area contributed by atoms with Crippen LogP contribution < -0.4 is 16.6 Å². The van der Waals surface area contributed by atoms with E-state index in [2.05, 4.69) is 0 Å². The van der Waals surface area contributed by atoms with Crippen LogP contribution in [0, 0.1) is 0 Å². The summed E-state index contributed by atoms with van der Waals surface area (Å²) in [4.78, 5) is 0. The molecule has 60 valence electrons. The molecule has 0 atom stereocenters. The van der Waals surface area contributed by atoms with E-state index in [-0.39, 0.29) is 6.00 Å². The Labute approximate surface area is 70.5 Å². The topological polar surface area (TPSA) is 55.3 Å². The number of nitrogens with two attached hydrogens (primary N) is 2. The summed E-state index contributed by atoms with van der Waals surface area (Å²) in [6, 6.07) is 7.53. The highest BCUT2D eigenvalue weighted by atomic mass is 35.5. The van der Waals surface area contributed by atoms with Crippen molar-refractivity contribution in [2.24, 2.45) is 5.84 Å². The molecular weight excluding hydrogens is 162 g/mol. The zero-order valence-electron chi connectivity index (χ0n) is 6.00. The maximum atomic E-state index is 5.62. The van der Waals surface area contributed by atoms with Gasteiger partial charge in [-0.1, -0.05) is 12.1 Å². The van der Waals surface area contributed by atoms with E-state index >= 15 is 0 Å². The molecule has 11 heavy (non-hydrogen) atoms. The summed E-state index contributed by atoms with van der Waals surface area (Å²) in [5.74, 6) is 5.52. The number of para-hydroxylation sites is 2. The molecule has 0 aromatic heterocycles. The lowest BCUT2D eigenvalue weighted by Crippen LogP contribution is -2.29. The lowest BCUT2D eigenvalue weighted by atomic mass is 10.3. The zero-order chi connectivity index (χ0) is 8.27. The van der Waals surface area contributed by atoms with E-state index in [1.807, 2.05) is 18.2 Å². The lowest BCUT2D eigenvalue weighted by Gasteiger charge is -2.16. The third-order valence-electron chi connectivity index (χ3n) is 1.37. The summed E-state index contributed by atoms with van der Waals surface area (Å²) < 4.78 is 0. The smallest absolute Gasteiger partial charge is 0.108 e. The predicted octanol–water partition coefficient (Wildman–Crippen LogP) is 1.15. The van der Waals surface area contributed by atoms with Crippen LogP contribution in [0.4, 0.5) is 11.4 Å². The number of rotatable bonds is 2. The number of nitrogen functional groups attached to an aromatic ring is 1. The standard InChI is InChI=1S/C7H10ClN3/c8-5-11(10)7-4-2-1-3-6(7)9/h1-4H,5,9-10H2. The molecule has 0 bridgehead atoms. The van der Waals surface area contributed by atoms with Gasteiger partial charge in [-0.2, -0.15) is 0 Å². The maximum Gasteiger partial charge on any atom is 0.108 e. The molecule has 0 fully saturated rings. The van der Waals surface area contributed by atoms with Crippen LogP contribution >= 0.6 is 11.6 Å². The molecule has 0 amide bonds. The highest BCUT2D eigenvalue weighted by molar-refractivity contribution is 6.19. The van der Waals surface area contributed by atoms with Crippen LogP contribution in [-0.4, -0.2) is 6.00 Å². The van der Waals surface area contributed by atoms with E-state index in [4.69, 9.17) is 23.2 Å². The van der Waals surface area contributed by atoms with Gasteiger partial charge in [0, 0.05) is 0 Å². The van der Waals surface area contributed by atoms with Gasteiger partial charge in [-0.05, 0) is 12.1 Å². The highest BCUT2D eigenvalue weighted by Gasteiger charge is 2.01. The average Bonchev–Trinajstić information content (AvgIpc) is 2.04. The number of halogens is 1. The quantitative estimate of drug-likeness (QED) is 0.231. The first-order valence-electron chi connectivity index (χ1n) is 3.18. The Morgan fingerprint density at radius 3 is 2.55 bits per heavy atom. The number of alkyl halides is 1. The zero-order valence-corrected chi connectivity index (χ0v) is 6.75. The first-order chi connectivity index (χ1) is 5.25. The van der Waals surface area contributed by atoms with E-state index in [0.29, 0.717) is 5.69 Å². The number of hydrazine groups is 1. The molecule has 0 radical (unpaired) electrons. The van der Waals surface area contributed by atoms with Crippen LogP contribution in [0.15, 0.2) is 24.3 Å². The molecule has 3 nitrogen and oxygen atoms in total. The van der Waals surface area contributed by atoms with Crippen LogP contribution in [-0.2, 0) is 0 Å². The van der Waals surface area contributed by atoms with Crippen LogP contribution in [0.3, 0.4) is 0 Å². The van der Waals surface area contributed by atoms with Gasteiger partial charge in [0.1, 0.15) is 6.00 Å². The second kappa shape index (κ2) is 3.46. The Balaban J connectivity index is 2.93. The Hall–Kier alpha value is -0.930. The van der Waals surface area contributed by atoms with Crippen molar-refractivity contribution in [1.29, 1.82) is 0 Å². The fourth-order valence-corrected chi connectivity index (χ4v) is 0.942. The first-order valence-corrected chi connectivity index (χ1v) is 3.72. The van der Waals surface area contributed by atoms with Gasteiger partial charge in [0.2, 0.25) is 0 Å². The molecule has 0 saturated carbocycles. The molecule has 0 heterocycles. The summed E-state index contributed by atoms with van der Waals surface area (Å²) >= 11 is 5.50. The molecule has 0 aliphatic rings. The minimum Gasteiger partial charge on any atom is -0.397 e. The molecule has 4 heteroatoms. The highest BCUT2D eigenvalue weighted by Crippen LogP contribution is 2.19. The van der Waals surface area contributed by atoms with Crippen molar-refractivity contribution in [2.45, 2.75) is 0 Å². The molecule has 0 spiro atoms. The number of nitrogens with zero attached hydrogens (tertiary/aromatic N) is 1. The molecular formula is C7H10ClN3. The van der Waals surface area contributed by atoms with Crippen molar-refractivity contribution in [1.82, 2.24) is 0 Å². The molecule has 1 rings (SSSR count). The molecule has 0 aliphatic carbocycles. The Morgan fingerprint density at radius 1 is 1.36 bits per heavy atom. The van der Waals surface area contributed by atoms with Gasteiger partial charge in [-0.15, -0.1) is 11.6 Å². The monoisotopic (exact) mass is 171 g/mol. The van der Waals surface area contributed by atoms with Gasteiger partial charge in [-0.3, -0.25) is 5.01 Å². The van der Waals surface area contributed by atoms with E-state index in [1.54, 1.807) is 6.07 Å². The lowest BCUT2D eigenvalue weighted by molar-refractivity contribution is 0.986. The third kappa shape index (κ3) is 1.76. The Morgan fingerprint density at radius 2 is 2.00 bits per heavy atom. The van der Waals surface area contributed by atoms with Crippen LogP contribution in [0.25, 0.3) is 0 Å². The molecule has 0 aliphatic heterocycles. The third-order valence-corrected chi connectivity index (χ3v) is 1.63. The van der Waals surface area contributed by atoms with Crippen LogP contribution in [0.1, 0.15) is 0 Å². The van der Waals surface area contributed by atoms with Gasteiger partial charge < -0.3 is 5.73 Å². The second-order valence-electron chi connectivity index (χ2n) is 2.15. The van der Waals surface area contributed by atoms with Gasteiger partial charge in [0.05, 0.1) is 11.4 Å². The summed E-state index contributed by atoms with van der Waals surface area (Å²) in [5.41, 5.74) is 7.00. The van der Waals surface area contributed by atoms with Gasteiger partial charge in [0.15, 0.2) is 0 Å². The van der Waals surface area contributed by atoms with E-state index in [9.17, 15) is 0 Å². The SMILES string of the molecule is Nc1ccccc1N(N)CCl. The normalized spacial score (nSPS) is 9.64. The van der Waals surface area contributed by atoms with Crippen molar-refractivity contribution in [2.75, 3.05) is 16.7 Å². The van der Waals surface area contributed by atoms with Gasteiger partial charge in [-0.25, -0.2) is 5.84 Å². The fourth-order valence-electron chi connectivity index (χ4n) is 0.813.